The molecule has 0 heterocycles. The van der Waals surface area contributed by atoms with Gasteiger partial charge in [-0.2, -0.15) is 0 Å². The quantitative estimate of drug-likeness (QED) is 0.806. The van der Waals surface area contributed by atoms with E-state index in [1.165, 1.54) is 0 Å². The van der Waals surface area contributed by atoms with Crippen LogP contribution in [0.1, 0.15) is 53.9 Å². The Hall–Kier alpha value is -1.26. The molecule has 19 heavy (non-hydrogen) atoms. The normalized spacial score (nSPS) is 18.8. The van der Waals surface area contributed by atoms with E-state index in [9.17, 15) is 14.7 Å². The van der Waals surface area contributed by atoms with Crippen molar-refractivity contribution in [2.75, 3.05) is 0 Å². The summed E-state index contributed by atoms with van der Waals surface area (Å²) in [5, 5.41) is 12.1. The van der Waals surface area contributed by atoms with Gasteiger partial charge in [0.15, 0.2) is 0 Å². The number of amides is 1. The Morgan fingerprint density at radius 1 is 1.32 bits per heavy atom. The van der Waals surface area contributed by atoms with E-state index in [1.807, 2.05) is 13.8 Å². The molecule has 0 saturated heterocycles. The van der Waals surface area contributed by atoms with E-state index >= 15 is 0 Å². The molecule has 0 aliphatic heterocycles. The smallest absolute Gasteiger partial charge is 0.407 e. The fourth-order valence-corrected chi connectivity index (χ4v) is 2.19. The van der Waals surface area contributed by atoms with Gasteiger partial charge < -0.3 is 15.2 Å². The molecule has 0 aromatic rings. The number of alkyl carbamates (subject to hydrolysis) is 1. The first-order valence-electron chi connectivity index (χ1n) is 6.80. The second kappa shape index (κ2) is 5.39. The highest BCUT2D eigenvalue weighted by Gasteiger charge is 2.56. The highest BCUT2D eigenvalue weighted by atomic mass is 16.6. The molecule has 5 nitrogen and oxygen atoms in total. The van der Waals surface area contributed by atoms with Gasteiger partial charge in [-0.3, -0.25) is 4.79 Å². The van der Waals surface area contributed by atoms with Crippen LogP contribution >= 0.6 is 0 Å². The summed E-state index contributed by atoms with van der Waals surface area (Å²) in [5.41, 5.74) is -1.37. The summed E-state index contributed by atoms with van der Waals surface area (Å²) in [4.78, 5) is 23.2. The molecule has 1 saturated carbocycles. The van der Waals surface area contributed by atoms with Crippen molar-refractivity contribution in [1.29, 1.82) is 0 Å². The van der Waals surface area contributed by atoms with Crippen molar-refractivity contribution in [2.45, 2.75) is 65.5 Å². The SMILES string of the molecule is CC(C)CC(NC(=O)OC(C)(C)C)C1(C(=O)O)CC1. The fourth-order valence-electron chi connectivity index (χ4n) is 2.19. The van der Waals surface area contributed by atoms with Gasteiger partial charge in [0.25, 0.3) is 0 Å². The van der Waals surface area contributed by atoms with Crippen LogP contribution in [-0.2, 0) is 9.53 Å². The number of carboxylic acids is 1. The Bertz CT molecular complexity index is 353. The minimum atomic E-state index is -0.825. The van der Waals surface area contributed by atoms with Crippen molar-refractivity contribution in [2.24, 2.45) is 11.3 Å². The number of hydrogen-bond donors (Lipinski definition) is 2. The van der Waals surface area contributed by atoms with Gasteiger partial charge in [0.05, 0.1) is 5.41 Å². The number of carbonyl (C=O) groups excluding carboxylic acids is 1. The summed E-state index contributed by atoms with van der Waals surface area (Å²) in [7, 11) is 0. The summed E-state index contributed by atoms with van der Waals surface area (Å²) in [6, 6.07) is -0.361. The molecule has 1 atom stereocenters. The minimum absolute atomic E-state index is 0.316. The summed E-state index contributed by atoms with van der Waals surface area (Å²) in [5.74, 6) is -0.508. The predicted octanol–water partition coefficient (Wildman–Crippen LogP) is 2.79. The minimum Gasteiger partial charge on any atom is -0.481 e. The van der Waals surface area contributed by atoms with E-state index in [0.717, 1.165) is 0 Å². The summed E-state index contributed by atoms with van der Waals surface area (Å²) in [6.45, 7) is 9.39. The lowest BCUT2D eigenvalue weighted by Gasteiger charge is -2.28. The molecule has 110 valence electrons. The third-order valence-corrected chi connectivity index (χ3v) is 3.28. The number of aliphatic carboxylic acids is 1. The van der Waals surface area contributed by atoms with Crippen LogP contribution in [0.5, 0.6) is 0 Å². The Morgan fingerprint density at radius 3 is 2.16 bits per heavy atom. The topological polar surface area (TPSA) is 75.6 Å². The van der Waals surface area contributed by atoms with Crippen LogP contribution in [0.4, 0.5) is 4.79 Å². The van der Waals surface area contributed by atoms with Gasteiger partial charge in [0.2, 0.25) is 0 Å². The largest absolute Gasteiger partial charge is 0.481 e. The summed E-state index contributed by atoms with van der Waals surface area (Å²) in [6.07, 6.45) is 1.35. The first kappa shape index (κ1) is 15.8. The molecule has 1 aliphatic rings. The zero-order valence-electron chi connectivity index (χ0n) is 12.4. The number of hydrogen-bond acceptors (Lipinski definition) is 3. The molecule has 5 heteroatoms. The summed E-state index contributed by atoms with van der Waals surface area (Å²) < 4.78 is 5.21. The van der Waals surface area contributed by atoms with Gasteiger partial charge in [-0.25, -0.2) is 4.79 Å². The molecule has 1 fully saturated rings. The van der Waals surface area contributed by atoms with Crippen LogP contribution in [0.2, 0.25) is 0 Å². The lowest BCUT2D eigenvalue weighted by atomic mass is 9.89. The van der Waals surface area contributed by atoms with E-state index < -0.39 is 23.1 Å². The van der Waals surface area contributed by atoms with Crippen molar-refractivity contribution in [3.8, 4) is 0 Å². The molecule has 1 aliphatic carbocycles. The highest BCUT2D eigenvalue weighted by molar-refractivity contribution is 5.80. The third kappa shape index (κ3) is 4.40. The number of rotatable bonds is 5. The van der Waals surface area contributed by atoms with Crippen molar-refractivity contribution < 1.29 is 19.4 Å². The predicted molar refractivity (Wildman–Crippen MR) is 71.9 cm³/mol. The number of carboxylic acid groups (broad SMARTS) is 1. The van der Waals surface area contributed by atoms with Crippen LogP contribution < -0.4 is 5.32 Å². The van der Waals surface area contributed by atoms with Gasteiger partial charge in [0.1, 0.15) is 5.60 Å². The van der Waals surface area contributed by atoms with Crippen molar-refractivity contribution in [3.05, 3.63) is 0 Å². The third-order valence-electron chi connectivity index (χ3n) is 3.28. The molecule has 2 N–H and O–H groups in total. The van der Waals surface area contributed by atoms with E-state index in [2.05, 4.69) is 5.32 Å². The maximum absolute atomic E-state index is 11.8. The second-order valence-electron chi connectivity index (χ2n) is 6.79. The van der Waals surface area contributed by atoms with E-state index in [0.29, 0.717) is 25.2 Å². The molecule has 1 rings (SSSR count). The number of ether oxygens (including phenoxy) is 1. The Balaban J connectivity index is 2.71. The first-order chi connectivity index (χ1) is 8.57. The van der Waals surface area contributed by atoms with Gasteiger partial charge in [-0.15, -0.1) is 0 Å². The van der Waals surface area contributed by atoms with Crippen molar-refractivity contribution in [1.82, 2.24) is 5.32 Å². The molecule has 0 aromatic carbocycles. The lowest BCUT2D eigenvalue weighted by Crippen LogP contribution is -2.47. The van der Waals surface area contributed by atoms with Crippen LogP contribution in [0, 0.1) is 11.3 Å². The molecule has 1 amide bonds. The van der Waals surface area contributed by atoms with E-state index in [4.69, 9.17) is 4.74 Å². The van der Waals surface area contributed by atoms with E-state index in [-0.39, 0.29) is 6.04 Å². The van der Waals surface area contributed by atoms with E-state index in [1.54, 1.807) is 20.8 Å². The number of carbonyl (C=O) groups is 2. The zero-order chi connectivity index (χ0) is 14.8. The number of nitrogens with one attached hydrogen (secondary N) is 1. The monoisotopic (exact) mass is 271 g/mol. The van der Waals surface area contributed by atoms with Crippen molar-refractivity contribution in [3.63, 3.8) is 0 Å². The first-order valence-corrected chi connectivity index (χ1v) is 6.80. The van der Waals surface area contributed by atoms with Crippen molar-refractivity contribution >= 4 is 12.1 Å². The maximum atomic E-state index is 11.8. The average molecular weight is 271 g/mol. The maximum Gasteiger partial charge on any atom is 0.407 e. The van der Waals surface area contributed by atoms with Crippen LogP contribution in [-0.4, -0.2) is 28.8 Å². The molecule has 0 radical (unpaired) electrons. The highest BCUT2D eigenvalue weighted by Crippen LogP contribution is 2.50. The molecule has 0 bridgehead atoms. The van der Waals surface area contributed by atoms with Crippen LogP contribution in [0.15, 0.2) is 0 Å². The molecule has 1 unspecified atom stereocenters. The molecule has 0 spiro atoms. The second-order valence-corrected chi connectivity index (χ2v) is 6.79. The fraction of sp³-hybridized carbons (Fsp3) is 0.857. The van der Waals surface area contributed by atoms with Gasteiger partial charge in [0, 0.05) is 6.04 Å². The summed E-state index contributed by atoms with van der Waals surface area (Å²) >= 11 is 0. The Morgan fingerprint density at radius 2 is 1.84 bits per heavy atom. The van der Waals surface area contributed by atoms with Gasteiger partial charge >= 0.3 is 12.1 Å². The molecular weight excluding hydrogens is 246 g/mol. The van der Waals surface area contributed by atoms with Crippen LogP contribution in [0.25, 0.3) is 0 Å². The molecule has 0 aromatic heterocycles. The average Bonchev–Trinajstić information content (AvgIpc) is 2.92. The Kier molecular flexibility index (Phi) is 4.48. The Labute approximate surface area is 114 Å². The lowest BCUT2D eigenvalue weighted by molar-refractivity contribution is -0.144. The molecular formula is C14H25NO4. The standard InChI is InChI=1S/C14H25NO4/c1-9(2)8-10(14(6-7-14)11(16)17)15-12(18)19-13(3,4)5/h9-10H,6-8H2,1-5H3,(H,15,18)(H,16,17). The van der Waals surface area contributed by atoms with Gasteiger partial charge in [-0.05, 0) is 46.0 Å². The zero-order valence-corrected chi connectivity index (χ0v) is 12.4. The van der Waals surface area contributed by atoms with Gasteiger partial charge in [-0.1, -0.05) is 13.8 Å². The van der Waals surface area contributed by atoms with Crippen LogP contribution in [0.3, 0.4) is 0 Å².